The van der Waals surface area contributed by atoms with E-state index in [1.807, 2.05) is 0 Å². The lowest BCUT2D eigenvalue weighted by Gasteiger charge is -2.15. The number of halogens is 3. The molecule has 0 radical (unpaired) electrons. The second-order valence-corrected chi connectivity index (χ2v) is 5.89. The molecule has 1 aromatic heterocycles. The van der Waals surface area contributed by atoms with Crippen LogP contribution in [0.15, 0.2) is 47.3 Å². The van der Waals surface area contributed by atoms with Gasteiger partial charge < -0.3 is 14.8 Å². The van der Waals surface area contributed by atoms with Crippen molar-refractivity contribution in [2.75, 3.05) is 0 Å². The van der Waals surface area contributed by atoms with Crippen LogP contribution in [-0.4, -0.2) is 16.1 Å². The molecule has 5 nitrogen and oxygen atoms in total. The fraction of sp³-hybridized carbons (Fsp3) is 0.158. The topological polar surface area (TPSA) is 79.4 Å². The lowest BCUT2D eigenvalue weighted by atomic mass is 10.0. The van der Waals surface area contributed by atoms with Crippen molar-refractivity contribution in [2.24, 2.45) is 0 Å². The molecule has 0 fully saturated rings. The number of fused-ring (bicyclic) bond motifs is 1. The van der Waals surface area contributed by atoms with E-state index in [2.05, 4.69) is 4.98 Å². The Morgan fingerprint density at radius 3 is 2.41 bits per heavy atom. The Morgan fingerprint density at radius 2 is 1.81 bits per heavy atom. The second kappa shape index (κ2) is 6.79. The first-order valence-electron chi connectivity index (χ1n) is 7.87. The van der Waals surface area contributed by atoms with Crippen molar-refractivity contribution in [3.05, 3.63) is 75.1 Å². The lowest BCUT2D eigenvalue weighted by Crippen LogP contribution is -2.19. The fourth-order valence-electron chi connectivity index (χ4n) is 2.77. The Morgan fingerprint density at radius 1 is 1.15 bits per heavy atom. The number of carboxylic acid groups (broad SMARTS) is 1. The quantitative estimate of drug-likeness (QED) is 0.716. The van der Waals surface area contributed by atoms with Crippen LogP contribution in [0.5, 0.6) is 5.75 Å². The van der Waals surface area contributed by atoms with E-state index in [9.17, 15) is 27.9 Å². The number of carbonyl (C=O) groups is 1. The van der Waals surface area contributed by atoms with Gasteiger partial charge in [0.05, 0.1) is 16.5 Å². The average molecular weight is 377 g/mol. The maximum atomic E-state index is 13.4. The van der Waals surface area contributed by atoms with E-state index in [-0.39, 0.29) is 23.4 Å². The molecule has 0 unspecified atom stereocenters. The summed E-state index contributed by atoms with van der Waals surface area (Å²) in [5, 5.41) is 8.60. The molecule has 0 aliphatic carbocycles. The minimum absolute atomic E-state index is 0.0403. The van der Waals surface area contributed by atoms with Crippen LogP contribution in [-0.2, 0) is 12.8 Å². The third-order valence-corrected chi connectivity index (χ3v) is 4.12. The number of rotatable bonds is 4. The molecule has 0 aliphatic heterocycles. The van der Waals surface area contributed by atoms with Crippen LogP contribution in [0, 0.1) is 6.92 Å². The largest absolute Gasteiger partial charge is 0.487 e. The van der Waals surface area contributed by atoms with Gasteiger partial charge in [0.25, 0.3) is 0 Å². The Balaban J connectivity index is 2.23. The van der Waals surface area contributed by atoms with E-state index in [1.54, 1.807) is 30.3 Å². The SMILES string of the molecule is Cc1c(C(=O)O)[nH]c2c(OCc3ccccc3)ccc(C(F)(F)F)c2c1=O. The van der Waals surface area contributed by atoms with Gasteiger partial charge >= 0.3 is 12.1 Å². The van der Waals surface area contributed by atoms with Crippen LogP contribution in [0.1, 0.15) is 27.2 Å². The molecule has 140 valence electrons. The first kappa shape index (κ1) is 18.5. The van der Waals surface area contributed by atoms with Gasteiger partial charge in [-0.05, 0) is 24.6 Å². The number of ether oxygens (including phenoxy) is 1. The van der Waals surface area contributed by atoms with Crippen LogP contribution in [0.25, 0.3) is 10.9 Å². The number of carboxylic acids is 1. The summed E-state index contributed by atoms with van der Waals surface area (Å²) in [6.45, 7) is 1.21. The van der Waals surface area contributed by atoms with Gasteiger partial charge in [-0.3, -0.25) is 4.79 Å². The molecular weight excluding hydrogens is 363 g/mol. The van der Waals surface area contributed by atoms with Crippen molar-refractivity contribution >= 4 is 16.9 Å². The third-order valence-electron chi connectivity index (χ3n) is 4.12. The maximum Gasteiger partial charge on any atom is 0.417 e. The summed E-state index contributed by atoms with van der Waals surface area (Å²) in [4.78, 5) is 26.3. The molecule has 2 aromatic carbocycles. The van der Waals surface area contributed by atoms with Gasteiger partial charge in [0.2, 0.25) is 0 Å². The molecule has 3 aromatic rings. The highest BCUT2D eigenvalue weighted by atomic mass is 19.4. The van der Waals surface area contributed by atoms with Crippen LogP contribution in [0.4, 0.5) is 13.2 Å². The predicted octanol–water partition coefficient (Wildman–Crippen LogP) is 4.13. The first-order valence-corrected chi connectivity index (χ1v) is 7.87. The summed E-state index contributed by atoms with van der Waals surface area (Å²) in [5.74, 6) is -1.49. The van der Waals surface area contributed by atoms with Gasteiger partial charge in [0.15, 0.2) is 5.43 Å². The van der Waals surface area contributed by atoms with E-state index < -0.39 is 34.2 Å². The summed E-state index contributed by atoms with van der Waals surface area (Å²) in [6, 6.07) is 10.7. The van der Waals surface area contributed by atoms with E-state index >= 15 is 0 Å². The fourth-order valence-corrected chi connectivity index (χ4v) is 2.77. The first-order chi connectivity index (χ1) is 12.7. The van der Waals surface area contributed by atoms with Crippen LogP contribution in [0.2, 0.25) is 0 Å². The van der Waals surface area contributed by atoms with Crippen molar-refractivity contribution in [1.29, 1.82) is 0 Å². The van der Waals surface area contributed by atoms with E-state index in [4.69, 9.17) is 4.74 Å². The van der Waals surface area contributed by atoms with E-state index in [1.165, 1.54) is 6.92 Å². The minimum Gasteiger partial charge on any atom is -0.487 e. The van der Waals surface area contributed by atoms with Gasteiger partial charge in [0, 0.05) is 5.56 Å². The predicted molar refractivity (Wildman–Crippen MR) is 92.0 cm³/mol. The van der Waals surface area contributed by atoms with E-state index in [0.29, 0.717) is 0 Å². The molecule has 2 N–H and O–H groups in total. The molecule has 0 saturated carbocycles. The second-order valence-electron chi connectivity index (χ2n) is 5.89. The molecule has 0 saturated heterocycles. The van der Waals surface area contributed by atoms with Gasteiger partial charge in [-0.2, -0.15) is 13.2 Å². The highest BCUT2D eigenvalue weighted by Gasteiger charge is 2.35. The van der Waals surface area contributed by atoms with Crippen molar-refractivity contribution in [3.8, 4) is 5.75 Å². The number of hydrogen-bond donors (Lipinski definition) is 2. The summed E-state index contributed by atoms with van der Waals surface area (Å²) < 4.78 is 45.7. The van der Waals surface area contributed by atoms with Crippen molar-refractivity contribution < 1.29 is 27.8 Å². The maximum absolute atomic E-state index is 13.4. The number of aromatic carboxylic acids is 1. The van der Waals surface area contributed by atoms with Gasteiger partial charge in [0.1, 0.15) is 18.1 Å². The number of nitrogens with one attached hydrogen (secondary N) is 1. The number of hydrogen-bond acceptors (Lipinski definition) is 3. The highest BCUT2D eigenvalue weighted by molar-refractivity contribution is 5.95. The number of H-pyrrole nitrogens is 1. The molecule has 8 heteroatoms. The Kier molecular flexibility index (Phi) is 4.65. The molecule has 0 spiro atoms. The summed E-state index contributed by atoms with van der Waals surface area (Å²) in [7, 11) is 0. The highest BCUT2D eigenvalue weighted by Crippen LogP contribution is 2.36. The Hall–Kier alpha value is -3.29. The van der Waals surface area contributed by atoms with Crippen molar-refractivity contribution in [3.63, 3.8) is 0 Å². The molecule has 0 amide bonds. The van der Waals surface area contributed by atoms with Crippen LogP contribution >= 0.6 is 0 Å². The van der Waals surface area contributed by atoms with E-state index in [0.717, 1.165) is 17.7 Å². The summed E-state index contributed by atoms with van der Waals surface area (Å²) >= 11 is 0. The summed E-state index contributed by atoms with van der Waals surface area (Å²) in [5.41, 5.74) is -2.46. The molecular formula is C19H14F3NO4. The molecule has 1 heterocycles. The number of aromatic nitrogens is 1. The van der Waals surface area contributed by atoms with Gasteiger partial charge in [-0.1, -0.05) is 30.3 Å². The third kappa shape index (κ3) is 3.51. The standard InChI is InChI=1S/C19H14F3NO4/c1-10-15(18(25)26)23-16-13(27-9-11-5-3-2-4-6-11)8-7-12(19(20,21)22)14(16)17(10)24/h2-8H,9H2,1H3,(H,23,24)(H,25,26). The minimum atomic E-state index is -4.78. The normalized spacial score (nSPS) is 11.6. The van der Waals surface area contributed by atoms with Crippen molar-refractivity contribution in [1.82, 2.24) is 4.98 Å². The molecule has 0 atom stereocenters. The van der Waals surface area contributed by atoms with Gasteiger partial charge in [-0.25, -0.2) is 4.79 Å². The Labute approximate surface area is 151 Å². The smallest absolute Gasteiger partial charge is 0.417 e. The molecule has 27 heavy (non-hydrogen) atoms. The van der Waals surface area contributed by atoms with Crippen LogP contribution < -0.4 is 10.2 Å². The number of aromatic amines is 1. The lowest BCUT2D eigenvalue weighted by molar-refractivity contribution is -0.136. The average Bonchev–Trinajstić information content (AvgIpc) is 2.62. The zero-order chi connectivity index (χ0) is 19.8. The number of pyridine rings is 1. The number of benzene rings is 2. The summed E-state index contributed by atoms with van der Waals surface area (Å²) in [6.07, 6.45) is -4.78. The molecule has 0 bridgehead atoms. The zero-order valence-corrected chi connectivity index (χ0v) is 14.1. The van der Waals surface area contributed by atoms with Crippen LogP contribution in [0.3, 0.4) is 0 Å². The van der Waals surface area contributed by atoms with Gasteiger partial charge in [-0.15, -0.1) is 0 Å². The number of alkyl halides is 3. The zero-order valence-electron chi connectivity index (χ0n) is 14.1. The molecule has 0 aliphatic rings. The monoisotopic (exact) mass is 377 g/mol. The Bertz CT molecular complexity index is 1070. The van der Waals surface area contributed by atoms with Crippen molar-refractivity contribution in [2.45, 2.75) is 19.7 Å². The molecule has 3 rings (SSSR count).